The molecule has 0 saturated heterocycles. The molecule has 1 aliphatic carbocycles. The predicted molar refractivity (Wildman–Crippen MR) is 167 cm³/mol. The SMILES string of the molecule is C=C/C(=C\C(=C/C)c1ccc2[nH]nc(-c3cc4c(-c5ccc(F)cc5)cncc4[nH]3)c2c1)NC(=C)C1CCCCC1. The van der Waals surface area contributed by atoms with Crippen molar-refractivity contribution >= 4 is 27.4 Å². The van der Waals surface area contributed by atoms with Gasteiger partial charge in [-0.15, -0.1) is 0 Å². The first-order valence-electron chi connectivity index (χ1n) is 14.2. The number of H-pyrrole nitrogens is 2. The first kappa shape index (κ1) is 26.5. The number of rotatable bonds is 8. The molecule has 5 nitrogen and oxygen atoms in total. The standard InChI is InChI=1S/C35H34FN5/c1-4-23(17-28(5-2)38-22(3)24-9-7-6-8-10-24)26-13-16-32-30(18-26)35(41-40-32)33-19-29-31(20-37-21-34(29)39-33)25-11-14-27(36)15-12-25/h4-5,11-21,24,38-39H,2-3,6-10H2,1H3,(H,40,41)/b23-4+,28-17+. The molecular weight excluding hydrogens is 509 g/mol. The number of benzene rings is 2. The lowest BCUT2D eigenvalue weighted by Gasteiger charge is -2.25. The van der Waals surface area contributed by atoms with Gasteiger partial charge in [0.1, 0.15) is 11.5 Å². The summed E-state index contributed by atoms with van der Waals surface area (Å²) in [4.78, 5) is 7.91. The van der Waals surface area contributed by atoms with E-state index in [1.54, 1.807) is 18.3 Å². The van der Waals surface area contributed by atoms with Gasteiger partial charge < -0.3 is 10.3 Å². The van der Waals surface area contributed by atoms with Gasteiger partial charge in [-0.3, -0.25) is 10.1 Å². The Morgan fingerprint density at radius 1 is 1.00 bits per heavy atom. The van der Waals surface area contributed by atoms with E-state index < -0.39 is 0 Å². The van der Waals surface area contributed by atoms with Crippen LogP contribution in [0.3, 0.4) is 0 Å². The van der Waals surface area contributed by atoms with E-state index in [4.69, 9.17) is 0 Å². The van der Waals surface area contributed by atoms with Gasteiger partial charge in [0.05, 0.1) is 22.9 Å². The largest absolute Gasteiger partial charge is 0.359 e. The van der Waals surface area contributed by atoms with Crippen LogP contribution in [0.4, 0.5) is 4.39 Å². The van der Waals surface area contributed by atoms with Crippen molar-refractivity contribution < 1.29 is 4.39 Å². The van der Waals surface area contributed by atoms with Crippen LogP contribution >= 0.6 is 0 Å². The lowest BCUT2D eigenvalue weighted by atomic mass is 9.87. The summed E-state index contributed by atoms with van der Waals surface area (Å²) in [5, 5.41) is 13.4. The molecule has 3 aromatic heterocycles. The Bertz CT molecular complexity index is 1800. The number of hydrogen-bond donors (Lipinski definition) is 3. The lowest BCUT2D eigenvalue weighted by molar-refractivity contribution is 0.393. The van der Waals surface area contributed by atoms with Crippen molar-refractivity contribution in [1.82, 2.24) is 25.5 Å². The van der Waals surface area contributed by atoms with Crippen LogP contribution in [-0.2, 0) is 0 Å². The minimum atomic E-state index is -0.261. The molecule has 1 saturated carbocycles. The van der Waals surface area contributed by atoms with Gasteiger partial charge in [0.15, 0.2) is 0 Å². The Morgan fingerprint density at radius 2 is 1.80 bits per heavy atom. The summed E-state index contributed by atoms with van der Waals surface area (Å²) in [6.07, 6.45) is 16.0. The first-order valence-corrected chi connectivity index (χ1v) is 14.2. The summed E-state index contributed by atoms with van der Waals surface area (Å²) >= 11 is 0. The van der Waals surface area contributed by atoms with Crippen LogP contribution in [0, 0.1) is 11.7 Å². The molecule has 6 rings (SSSR count). The molecule has 1 aliphatic rings. The minimum absolute atomic E-state index is 0.261. The van der Waals surface area contributed by atoms with E-state index >= 15 is 0 Å². The average molecular weight is 544 g/mol. The van der Waals surface area contributed by atoms with E-state index in [-0.39, 0.29) is 5.82 Å². The Morgan fingerprint density at radius 3 is 2.56 bits per heavy atom. The van der Waals surface area contributed by atoms with Crippen molar-refractivity contribution in [1.29, 1.82) is 0 Å². The fourth-order valence-electron chi connectivity index (χ4n) is 5.82. The maximum atomic E-state index is 13.5. The molecule has 0 bridgehead atoms. The Labute approximate surface area is 239 Å². The molecule has 0 unspecified atom stereocenters. The van der Waals surface area contributed by atoms with E-state index in [0.717, 1.165) is 66.9 Å². The summed E-state index contributed by atoms with van der Waals surface area (Å²) < 4.78 is 13.5. The van der Waals surface area contributed by atoms with E-state index in [1.807, 2.05) is 19.2 Å². The zero-order valence-electron chi connectivity index (χ0n) is 23.3. The number of fused-ring (bicyclic) bond motifs is 2. The molecule has 0 spiro atoms. The monoisotopic (exact) mass is 543 g/mol. The number of halogens is 1. The molecule has 5 aromatic rings. The second-order valence-corrected chi connectivity index (χ2v) is 10.7. The van der Waals surface area contributed by atoms with E-state index in [9.17, 15) is 4.39 Å². The number of nitrogens with zero attached hydrogens (tertiary/aromatic N) is 2. The van der Waals surface area contributed by atoms with Gasteiger partial charge in [-0.05, 0) is 84.9 Å². The topological polar surface area (TPSA) is 69.4 Å². The highest BCUT2D eigenvalue weighted by Gasteiger charge is 2.18. The van der Waals surface area contributed by atoms with Crippen molar-refractivity contribution in [3.05, 3.63) is 115 Å². The van der Waals surface area contributed by atoms with Crippen molar-refractivity contribution in [2.75, 3.05) is 0 Å². The van der Waals surface area contributed by atoms with Gasteiger partial charge in [-0.2, -0.15) is 5.10 Å². The molecule has 206 valence electrons. The maximum absolute atomic E-state index is 13.5. The van der Waals surface area contributed by atoms with Crippen molar-refractivity contribution in [3.63, 3.8) is 0 Å². The molecule has 0 atom stereocenters. The summed E-state index contributed by atoms with van der Waals surface area (Å²) in [5.41, 5.74) is 9.58. The lowest BCUT2D eigenvalue weighted by Crippen LogP contribution is -2.20. The van der Waals surface area contributed by atoms with Gasteiger partial charge in [-0.25, -0.2) is 4.39 Å². The van der Waals surface area contributed by atoms with Crippen LogP contribution in [-0.4, -0.2) is 20.2 Å². The molecule has 0 radical (unpaired) electrons. The van der Waals surface area contributed by atoms with E-state index in [1.165, 1.54) is 44.2 Å². The van der Waals surface area contributed by atoms with Gasteiger partial charge in [0.25, 0.3) is 0 Å². The third-order valence-electron chi connectivity index (χ3n) is 8.10. The van der Waals surface area contributed by atoms with Crippen molar-refractivity contribution in [2.24, 2.45) is 5.92 Å². The van der Waals surface area contributed by atoms with Gasteiger partial charge in [0, 0.05) is 33.9 Å². The number of nitrogens with one attached hydrogen (secondary N) is 3. The molecule has 0 aliphatic heterocycles. The Balaban J connectivity index is 1.33. The molecule has 3 heterocycles. The zero-order chi connectivity index (χ0) is 28.3. The van der Waals surface area contributed by atoms with Crippen LogP contribution in [0.1, 0.15) is 44.6 Å². The van der Waals surface area contributed by atoms with Gasteiger partial charge in [0.2, 0.25) is 0 Å². The second-order valence-electron chi connectivity index (χ2n) is 10.7. The quantitative estimate of drug-likeness (QED) is 0.171. The molecule has 3 N–H and O–H groups in total. The van der Waals surface area contributed by atoms with Crippen LogP contribution in [0.15, 0.2) is 104 Å². The zero-order valence-corrected chi connectivity index (χ0v) is 23.3. The molecule has 41 heavy (non-hydrogen) atoms. The number of aromatic nitrogens is 4. The molecular formula is C35H34FN5. The molecule has 6 heteroatoms. The van der Waals surface area contributed by atoms with Crippen LogP contribution < -0.4 is 5.32 Å². The summed E-state index contributed by atoms with van der Waals surface area (Å²) in [6.45, 7) is 10.4. The second kappa shape index (κ2) is 11.4. The number of hydrogen-bond acceptors (Lipinski definition) is 3. The summed E-state index contributed by atoms with van der Waals surface area (Å²) in [6, 6.07) is 14.9. The summed E-state index contributed by atoms with van der Waals surface area (Å²) in [5.74, 6) is 0.254. The van der Waals surface area contributed by atoms with Crippen molar-refractivity contribution in [3.8, 4) is 22.5 Å². The third kappa shape index (κ3) is 5.38. The first-order chi connectivity index (χ1) is 20.0. The minimum Gasteiger partial charge on any atom is -0.359 e. The highest BCUT2D eigenvalue weighted by Crippen LogP contribution is 2.35. The number of allylic oxidation sites excluding steroid dienone is 5. The van der Waals surface area contributed by atoms with Crippen LogP contribution in [0.2, 0.25) is 0 Å². The fourth-order valence-corrected chi connectivity index (χ4v) is 5.82. The smallest absolute Gasteiger partial charge is 0.123 e. The normalized spacial score (nSPS) is 15.0. The molecule has 2 aromatic carbocycles. The van der Waals surface area contributed by atoms with Gasteiger partial charge >= 0.3 is 0 Å². The van der Waals surface area contributed by atoms with E-state index in [0.29, 0.717) is 5.92 Å². The third-order valence-corrected chi connectivity index (χ3v) is 8.10. The molecule has 0 amide bonds. The highest BCUT2D eigenvalue weighted by atomic mass is 19.1. The predicted octanol–water partition coefficient (Wildman–Crippen LogP) is 9.07. The Kier molecular flexibility index (Phi) is 7.38. The Hall–Kier alpha value is -4.71. The van der Waals surface area contributed by atoms with Crippen LogP contribution in [0.5, 0.6) is 0 Å². The maximum Gasteiger partial charge on any atom is 0.123 e. The fraction of sp³-hybridized carbons (Fsp3) is 0.200. The van der Waals surface area contributed by atoms with E-state index in [2.05, 4.69) is 75.1 Å². The number of aromatic amines is 2. The number of pyridine rings is 1. The highest BCUT2D eigenvalue weighted by molar-refractivity contribution is 6.01. The van der Waals surface area contributed by atoms with Crippen LogP contribution in [0.25, 0.3) is 49.9 Å². The molecule has 1 fully saturated rings. The summed E-state index contributed by atoms with van der Waals surface area (Å²) in [7, 11) is 0. The average Bonchev–Trinajstić information content (AvgIpc) is 3.64. The van der Waals surface area contributed by atoms with Crippen molar-refractivity contribution in [2.45, 2.75) is 39.0 Å². The van der Waals surface area contributed by atoms with Gasteiger partial charge in [-0.1, -0.05) is 56.7 Å².